The number of ether oxygens (including phenoxy) is 2. The van der Waals surface area contributed by atoms with Crippen LogP contribution in [0.1, 0.15) is 44.4 Å². The van der Waals surface area contributed by atoms with Crippen molar-refractivity contribution in [3.63, 3.8) is 0 Å². The second kappa shape index (κ2) is 13.3. The van der Waals surface area contributed by atoms with Gasteiger partial charge in [-0.05, 0) is 89.1 Å². The summed E-state index contributed by atoms with van der Waals surface area (Å²) in [4.78, 5) is 28.9. The molecule has 0 radical (unpaired) electrons. The molecule has 9 nitrogen and oxygen atoms in total. The zero-order chi connectivity index (χ0) is 31.2. The van der Waals surface area contributed by atoms with Gasteiger partial charge in [0.05, 0.1) is 24.8 Å². The van der Waals surface area contributed by atoms with Gasteiger partial charge in [0, 0.05) is 12.1 Å². The molecule has 0 spiro atoms. The van der Waals surface area contributed by atoms with Gasteiger partial charge in [0.1, 0.15) is 24.1 Å². The smallest absolute Gasteiger partial charge is 0.264 e. The van der Waals surface area contributed by atoms with E-state index in [0.717, 1.165) is 21.0 Å². The van der Waals surface area contributed by atoms with Crippen LogP contribution in [0.15, 0.2) is 71.6 Å². The minimum absolute atomic E-state index is 0.0299. The topological polar surface area (TPSA) is 105 Å². The molecule has 226 valence electrons. The lowest BCUT2D eigenvalue weighted by Gasteiger charge is -2.34. The van der Waals surface area contributed by atoms with Gasteiger partial charge in [-0.3, -0.25) is 13.9 Å². The summed E-state index contributed by atoms with van der Waals surface area (Å²) in [7, 11) is -1.23. The Morgan fingerprint density at radius 2 is 1.55 bits per heavy atom. The van der Waals surface area contributed by atoms with Crippen molar-refractivity contribution < 1.29 is 27.5 Å². The maximum absolute atomic E-state index is 14.2. The van der Waals surface area contributed by atoms with E-state index in [4.69, 9.17) is 9.47 Å². The summed E-state index contributed by atoms with van der Waals surface area (Å²) < 4.78 is 40.2. The van der Waals surface area contributed by atoms with Gasteiger partial charge >= 0.3 is 0 Å². The minimum atomic E-state index is -4.22. The van der Waals surface area contributed by atoms with Gasteiger partial charge < -0.3 is 19.7 Å². The molecule has 0 aliphatic heterocycles. The van der Waals surface area contributed by atoms with Crippen LogP contribution in [-0.2, 0) is 26.2 Å². The van der Waals surface area contributed by atoms with Crippen LogP contribution in [-0.4, -0.2) is 57.5 Å². The van der Waals surface area contributed by atoms with Crippen molar-refractivity contribution in [3.8, 4) is 11.5 Å². The predicted octanol–water partition coefficient (Wildman–Crippen LogP) is 4.85. The highest BCUT2D eigenvalue weighted by molar-refractivity contribution is 7.92. The Labute approximate surface area is 249 Å². The first-order valence-electron chi connectivity index (χ1n) is 13.6. The van der Waals surface area contributed by atoms with Crippen LogP contribution in [0.5, 0.6) is 11.5 Å². The van der Waals surface area contributed by atoms with Crippen molar-refractivity contribution in [2.75, 3.05) is 25.1 Å². The zero-order valence-electron chi connectivity index (χ0n) is 25.6. The van der Waals surface area contributed by atoms with Gasteiger partial charge in [-0.25, -0.2) is 8.42 Å². The molecule has 0 saturated carbocycles. The molecule has 3 aromatic rings. The quantitative estimate of drug-likeness (QED) is 0.340. The summed E-state index contributed by atoms with van der Waals surface area (Å²) in [6, 6.07) is 17.8. The van der Waals surface area contributed by atoms with E-state index in [-0.39, 0.29) is 23.0 Å². The molecule has 0 heterocycles. The largest absolute Gasteiger partial charge is 0.497 e. The van der Waals surface area contributed by atoms with Crippen LogP contribution in [0, 0.1) is 13.8 Å². The van der Waals surface area contributed by atoms with Crippen LogP contribution < -0.4 is 19.1 Å². The van der Waals surface area contributed by atoms with E-state index < -0.39 is 34.1 Å². The summed E-state index contributed by atoms with van der Waals surface area (Å²) >= 11 is 0. The van der Waals surface area contributed by atoms with Crippen molar-refractivity contribution in [2.45, 2.75) is 64.6 Å². The Morgan fingerprint density at radius 1 is 0.905 bits per heavy atom. The summed E-state index contributed by atoms with van der Waals surface area (Å²) in [5.41, 5.74) is 2.09. The first-order chi connectivity index (χ1) is 19.7. The lowest BCUT2D eigenvalue weighted by Crippen LogP contribution is -2.54. The Morgan fingerprint density at radius 3 is 2.14 bits per heavy atom. The van der Waals surface area contributed by atoms with E-state index in [1.165, 1.54) is 24.1 Å². The number of anilines is 1. The molecule has 0 bridgehead atoms. The number of hydrogen-bond donors (Lipinski definition) is 1. The average Bonchev–Trinajstić information content (AvgIpc) is 2.93. The third kappa shape index (κ3) is 8.03. The average molecular weight is 596 g/mol. The molecule has 0 saturated heterocycles. The first kappa shape index (κ1) is 32.5. The van der Waals surface area contributed by atoms with Gasteiger partial charge in [-0.1, -0.05) is 35.9 Å². The molecule has 1 atom stereocenters. The van der Waals surface area contributed by atoms with Crippen LogP contribution in [0.4, 0.5) is 5.69 Å². The Hall–Kier alpha value is -4.05. The van der Waals surface area contributed by atoms with E-state index in [9.17, 15) is 18.0 Å². The SMILES string of the molecule is COc1cccc(CN(C(=O)CN(c2cc(C)ccc2OC)S(=O)(=O)c2ccc(C)cc2)[C@@H](C)C(=O)NC(C)(C)C)c1. The van der Waals surface area contributed by atoms with Crippen LogP contribution in [0.25, 0.3) is 0 Å². The number of benzene rings is 3. The molecule has 0 fully saturated rings. The monoisotopic (exact) mass is 595 g/mol. The van der Waals surface area contributed by atoms with Gasteiger partial charge in [-0.2, -0.15) is 0 Å². The van der Waals surface area contributed by atoms with Crippen LogP contribution in [0.2, 0.25) is 0 Å². The first-order valence-corrected chi connectivity index (χ1v) is 15.1. The highest BCUT2D eigenvalue weighted by atomic mass is 32.2. The molecule has 10 heteroatoms. The second-order valence-corrected chi connectivity index (χ2v) is 13.2. The number of amides is 2. The molecular formula is C32H41N3O6S. The third-order valence-corrected chi connectivity index (χ3v) is 8.42. The maximum Gasteiger partial charge on any atom is 0.264 e. The van der Waals surface area contributed by atoms with Gasteiger partial charge in [0.25, 0.3) is 10.0 Å². The van der Waals surface area contributed by atoms with E-state index in [1.54, 1.807) is 62.6 Å². The number of carbonyl (C=O) groups excluding carboxylic acids is 2. The molecule has 3 rings (SSSR count). The summed E-state index contributed by atoms with van der Waals surface area (Å²) in [6.07, 6.45) is 0. The normalized spacial score (nSPS) is 12.3. The number of nitrogens with zero attached hydrogens (tertiary/aromatic N) is 2. The number of nitrogens with one attached hydrogen (secondary N) is 1. The number of sulfonamides is 1. The Kier molecular flexibility index (Phi) is 10.3. The fraction of sp³-hybridized carbons (Fsp3) is 0.375. The van der Waals surface area contributed by atoms with E-state index in [0.29, 0.717) is 11.5 Å². The number of aryl methyl sites for hydroxylation is 2. The van der Waals surface area contributed by atoms with Crippen LogP contribution in [0.3, 0.4) is 0 Å². The molecule has 0 aliphatic rings. The fourth-order valence-corrected chi connectivity index (χ4v) is 5.79. The Balaban J connectivity index is 2.12. The molecule has 3 aromatic carbocycles. The zero-order valence-corrected chi connectivity index (χ0v) is 26.4. The van der Waals surface area contributed by atoms with Crippen LogP contribution >= 0.6 is 0 Å². The maximum atomic E-state index is 14.2. The van der Waals surface area contributed by atoms with E-state index >= 15 is 0 Å². The number of carbonyl (C=O) groups is 2. The molecule has 42 heavy (non-hydrogen) atoms. The molecule has 0 aromatic heterocycles. The van der Waals surface area contributed by atoms with Crippen molar-refractivity contribution in [2.24, 2.45) is 0 Å². The molecular weight excluding hydrogens is 554 g/mol. The summed E-state index contributed by atoms with van der Waals surface area (Å²) in [6.45, 7) is 10.4. The standard InChI is InChI=1S/C32H41N3O6S/c1-22-12-15-27(16-13-22)42(38,39)35(28-18-23(2)14-17-29(28)41-8)21-30(36)34(24(3)31(37)33-32(4,5)6)20-25-10-9-11-26(19-25)40-7/h9-19,24H,20-21H2,1-8H3,(H,33,37)/t24-/m0/s1. The number of rotatable bonds is 11. The van der Waals surface area contributed by atoms with Crippen molar-refractivity contribution in [3.05, 3.63) is 83.4 Å². The Bertz CT molecular complexity index is 1510. The van der Waals surface area contributed by atoms with Crippen molar-refractivity contribution in [1.82, 2.24) is 10.2 Å². The molecule has 2 amide bonds. The molecule has 0 unspecified atom stereocenters. The third-order valence-electron chi connectivity index (χ3n) is 6.64. The predicted molar refractivity (Wildman–Crippen MR) is 164 cm³/mol. The van der Waals surface area contributed by atoms with E-state index in [2.05, 4.69) is 5.32 Å². The number of methoxy groups -OCH3 is 2. The summed E-state index contributed by atoms with van der Waals surface area (Å²) in [5, 5.41) is 2.93. The minimum Gasteiger partial charge on any atom is -0.497 e. The highest BCUT2D eigenvalue weighted by Gasteiger charge is 2.34. The lowest BCUT2D eigenvalue weighted by atomic mass is 10.1. The number of hydrogen-bond acceptors (Lipinski definition) is 6. The highest BCUT2D eigenvalue weighted by Crippen LogP contribution is 2.34. The molecule has 0 aliphatic carbocycles. The van der Waals surface area contributed by atoms with E-state index in [1.807, 2.05) is 40.7 Å². The van der Waals surface area contributed by atoms with Gasteiger partial charge in [0.15, 0.2) is 0 Å². The second-order valence-electron chi connectivity index (χ2n) is 11.3. The summed E-state index contributed by atoms with van der Waals surface area (Å²) in [5.74, 6) is -0.0322. The van der Waals surface area contributed by atoms with Crippen molar-refractivity contribution >= 4 is 27.5 Å². The van der Waals surface area contributed by atoms with Gasteiger partial charge in [0.2, 0.25) is 11.8 Å². The molecule has 1 N–H and O–H groups in total. The lowest BCUT2D eigenvalue weighted by molar-refractivity contribution is -0.140. The van der Waals surface area contributed by atoms with Gasteiger partial charge in [-0.15, -0.1) is 0 Å². The van der Waals surface area contributed by atoms with Crippen molar-refractivity contribution in [1.29, 1.82) is 0 Å². The fourth-order valence-electron chi connectivity index (χ4n) is 4.37.